The van der Waals surface area contributed by atoms with Gasteiger partial charge in [-0.1, -0.05) is 25.7 Å². The number of nitrogens with one attached hydrogen (secondary N) is 2. The average molecular weight is 574 g/mol. The third kappa shape index (κ3) is 5.99. The molecule has 3 heterocycles. The molecule has 3 saturated carbocycles. The molecule has 3 aliphatic carbocycles. The number of aliphatic imine (C=N–C) groups is 1. The first-order valence-corrected chi connectivity index (χ1v) is 16.0. The Kier molecular flexibility index (Phi) is 8.83. The van der Waals surface area contributed by atoms with Crippen molar-refractivity contribution in [2.24, 2.45) is 34.2 Å². The standard InChI is InChI=1S/C30H48FN7O3/c31-22-16-20-26-28(25(22)34-10-13-37-11-3-4-12-37)41-24-15-19-7-2-1-6-18(19)14-23(24)38(26)17-21(27(20)39)29(40)35-8-5-9-36-30(32)33/h17-20,22-26,28,34H,1-16H2,(H,35,40)(H4,32,33,36). The summed E-state index contributed by atoms with van der Waals surface area (Å²) >= 11 is 0. The number of hydrogen-bond donors (Lipinski definition) is 4. The molecule has 0 aromatic carbocycles. The second kappa shape index (κ2) is 12.6. The van der Waals surface area contributed by atoms with Crippen LogP contribution in [0.4, 0.5) is 4.39 Å². The third-order valence-electron chi connectivity index (χ3n) is 10.7. The van der Waals surface area contributed by atoms with Gasteiger partial charge >= 0.3 is 0 Å². The van der Waals surface area contributed by atoms with Crippen LogP contribution in [0.3, 0.4) is 0 Å². The van der Waals surface area contributed by atoms with Gasteiger partial charge in [0.2, 0.25) is 0 Å². The molecule has 228 valence electrons. The molecule has 0 bridgehead atoms. The van der Waals surface area contributed by atoms with Crippen molar-refractivity contribution in [1.29, 1.82) is 0 Å². The predicted molar refractivity (Wildman–Crippen MR) is 155 cm³/mol. The Morgan fingerprint density at radius 3 is 2.59 bits per heavy atom. The molecular weight excluding hydrogens is 525 g/mol. The van der Waals surface area contributed by atoms with Gasteiger partial charge in [0, 0.05) is 38.3 Å². The van der Waals surface area contributed by atoms with Crippen molar-refractivity contribution >= 4 is 17.6 Å². The van der Waals surface area contributed by atoms with Gasteiger partial charge in [-0.15, -0.1) is 0 Å². The minimum absolute atomic E-state index is 0.0126. The number of amides is 1. The maximum Gasteiger partial charge on any atom is 0.256 e. The smallest absolute Gasteiger partial charge is 0.256 e. The summed E-state index contributed by atoms with van der Waals surface area (Å²) in [5.41, 5.74) is 10.9. The number of halogens is 1. The molecule has 0 spiro atoms. The Morgan fingerprint density at radius 2 is 1.83 bits per heavy atom. The summed E-state index contributed by atoms with van der Waals surface area (Å²) in [6, 6.07) is -0.602. The molecule has 6 rings (SSSR count). The molecule has 6 N–H and O–H groups in total. The topological polar surface area (TPSA) is 138 Å². The summed E-state index contributed by atoms with van der Waals surface area (Å²) in [5.74, 6) is 0.0546. The number of likely N-dealkylation sites (tertiary alicyclic amines) is 1. The zero-order valence-electron chi connectivity index (χ0n) is 24.2. The number of ketones is 1. The monoisotopic (exact) mass is 573 g/mol. The number of guanidine groups is 1. The van der Waals surface area contributed by atoms with Gasteiger partial charge in [0.1, 0.15) is 6.17 Å². The molecule has 2 saturated heterocycles. The number of alkyl halides is 1. The molecule has 41 heavy (non-hydrogen) atoms. The summed E-state index contributed by atoms with van der Waals surface area (Å²) < 4.78 is 22.8. The lowest BCUT2D eigenvalue weighted by Gasteiger charge is -2.61. The largest absolute Gasteiger partial charge is 0.370 e. The van der Waals surface area contributed by atoms with E-state index in [4.69, 9.17) is 16.2 Å². The first-order valence-electron chi connectivity index (χ1n) is 16.0. The van der Waals surface area contributed by atoms with Crippen molar-refractivity contribution in [3.05, 3.63) is 11.8 Å². The maximum atomic E-state index is 16.0. The second-order valence-corrected chi connectivity index (χ2v) is 13.1. The maximum absolute atomic E-state index is 16.0. The summed E-state index contributed by atoms with van der Waals surface area (Å²) in [6.07, 6.45) is 10.3. The number of fused-ring (bicyclic) bond motifs is 3. The van der Waals surface area contributed by atoms with Gasteiger partial charge in [0.25, 0.3) is 5.91 Å². The average Bonchev–Trinajstić information content (AvgIpc) is 3.48. The van der Waals surface area contributed by atoms with E-state index in [1.807, 2.05) is 6.20 Å². The zero-order valence-corrected chi connectivity index (χ0v) is 24.2. The fourth-order valence-electron chi connectivity index (χ4n) is 8.67. The summed E-state index contributed by atoms with van der Waals surface area (Å²) in [7, 11) is 0. The molecule has 6 aliphatic rings. The van der Waals surface area contributed by atoms with Crippen LogP contribution in [0.5, 0.6) is 0 Å². The molecule has 5 fully saturated rings. The van der Waals surface area contributed by atoms with Crippen molar-refractivity contribution < 1.29 is 18.7 Å². The van der Waals surface area contributed by atoms with Crippen LogP contribution in [0.15, 0.2) is 16.8 Å². The van der Waals surface area contributed by atoms with Crippen molar-refractivity contribution in [2.45, 2.75) is 101 Å². The van der Waals surface area contributed by atoms with E-state index in [2.05, 4.69) is 25.4 Å². The number of carbonyl (C=O) groups excluding carboxylic acids is 2. The van der Waals surface area contributed by atoms with Gasteiger partial charge in [-0.05, 0) is 63.5 Å². The van der Waals surface area contributed by atoms with Crippen LogP contribution in [0.2, 0.25) is 0 Å². The van der Waals surface area contributed by atoms with Crippen molar-refractivity contribution in [3.8, 4) is 0 Å². The van der Waals surface area contributed by atoms with Gasteiger partial charge in [-0.25, -0.2) is 4.39 Å². The van der Waals surface area contributed by atoms with Crippen LogP contribution in [-0.4, -0.2) is 103 Å². The SMILES string of the molecule is NC(N)=NCCCNC(=O)C1=CN2C3CC4CCCCC4CC3OC3C(NCCN4CCCC4)C(F)CC(C1=O)C32. The molecule has 9 atom stereocenters. The van der Waals surface area contributed by atoms with Crippen LogP contribution in [0.25, 0.3) is 0 Å². The van der Waals surface area contributed by atoms with Gasteiger partial charge in [0.15, 0.2) is 11.7 Å². The molecular formula is C30H48FN7O3. The molecule has 11 heteroatoms. The molecule has 0 aromatic heterocycles. The number of Topliss-reactive ketones (excluding diaryl/α,β-unsaturated/α-hetero) is 1. The van der Waals surface area contributed by atoms with E-state index in [0.29, 0.717) is 37.9 Å². The van der Waals surface area contributed by atoms with Crippen LogP contribution < -0.4 is 22.1 Å². The van der Waals surface area contributed by atoms with E-state index in [1.165, 1.54) is 38.5 Å². The van der Waals surface area contributed by atoms with Gasteiger partial charge in [0.05, 0.1) is 35.9 Å². The van der Waals surface area contributed by atoms with Crippen molar-refractivity contribution in [2.75, 3.05) is 39.3 Å². The molecule has 1 amide bonds. The predicted octanol–water partition coefficient (Wildman–Crippen LogP) is 1.05. The number of rotatable bonds is 9. The van der Waals surface area contributed by atoms with Gasteiger partial charge < -0.3 is 36.6 Å². The van der Waals surface area contributed by atoms with Gasteiger partial charge in [-0.2, -0.15) is 0 Å². The zero-order chi connectivity index (χ0) is 28.5. The van der Waals surface area contributed by atoms with E-state index < -0.39 is 30.1 Å². The lowest BCUT2D eigenvalue weighted by Crippen LogP contribution is -2.73. The first-order chi connectivity index (χ1) is 19.9. The minimum atomic E-state index is -1.21. The molecule has 0 radical (unpaired) electrons. The third-order valence-corrected chi connectivity index (χ3v) is 10.7. The summed E-state index contributed by atoms with van der Waals surface area (Å²) in [5, 5.41) is 6.40. The highest BCUT2D eigenvalue weighted by Crippen LogP contribution is 2.50. The van der Waals surface area contributed by atoms with E-state index in [-0.39, 0.29) is 41.9 Å². The normalized spacial score (nSPS) is 38.4. The summed E-state index contributed by atoms with van der Waals surface area (Å²) in [4.78, 5) is 35.7. The Bertz CT molecular complexity index is 1030. The van der Waals surface area contributed by atoms with Crippen molar-refractivity contribution in [3.63, 3.8) is 0 Å². The quantitative estimate of drug-likeness (QED) is 0.139. The van der Waals surface area contributed by atoms with E-state index in [0.717, 1.165) is 32.5 Å². The number of nitrogens with two attached hydrogens (primary N) is 2. The van der Waals surface area contributed by atoms with Gasteiger partial charge in [-0.3, -0.25) is 14.6 Å². The molecule has 10 nitrogen and oxygen atoms in total. The highest BCUT2D eigenvalue weighted by atomic mass is 19.1. The molecule has 0 aromatic rings. The number of morpholine rings is 1. The van der Waals surface area contributed by atoms with E-state index in [1.54, 1.807) is 0 Å². The van der Waals surface area contributed by atoms with E-state index in [9.17, 15) is 9.59 Å². The lowest BCUT2D eigenvalue weighted by molar-refractivity contribution is -0.208. The fourth-order valence-corrected chi connectivity index (χ4v) is 8.67. The molecule has 9 unspecified atom stereocenters. The molecule has 3 aliphatic heterocycles. The van der Waals surface area contributed by atoms with Crippen LogP contribution >= 0.6 is 0 Å². The Labute approximate surface area is 242 Å². The minimum Gasteiger partial charge on any atom is -0.370 e. The first kappa shape index (κ1) is 28.9. The number of carbonyl (C=O) groups is 2. The van der Waals surface area contributed by atoms with Crippen LogP contribution in [0.1, 0.15) is 64.2 Å². The lowest BCUT2D eigenvalue weighted by atomic mass is 9.65. The van der Waals surface area contributed by atoms with Crippen LogP contribution in [-0.2, 0) is 14.3 Å². The Hall–Kier alpha value is -2.24. The fraction of sp³-hybridized carbons (Fsp3) is 0.833. The summed E-state index contributed by atoms with van der Waals surface area (Å²) in [6.45, 7) is 4.56. The number of nitrogens with zero attached hydrogens (tertiary/aromatic N) is 3. The number of hydrogen-bond acceptors (Lipinski definition) is 7. The van der Waals surface area contributed by atoms with Crippen LogP contribution in [0, 0.1) is 17.8 Å². The van der Waals surface area contributed by atoms with E-state index >= 15 is 4.39 Å². The highest BCUT2D eigenvalue weighted by molar-refractivity contribution is 6.20. The highest BCUT2D eigenvalue weighted by Gasteiger charge is 2.59. The second-order valence-electron chi connectivity index (χ2n) is 13.1. The Morgan fingerprint density at radius 1 is 1.07 bits per heavy atom. The van der Waals surface area contributed by atoms with Crippen molar-refractivity contribution in [1.82, 2.24) is 20.4 Å². The Balaban J connectivity index is 1.23. The number of ether oxygens (including phenoxy) is 1.